The van der Waals surface area contributed by atoms with Crippen LogP contribution in [0.15, 0.2) is 91.0 Å². The van der Waals surface area contributed by atoms with Crippen molar-refractivity contribution in [3.8, 4) is 0 Å². The Labute approximate surface area is 165 Å². The molecule has 0 saturated carbocycles. The largest absolute Gasteiger partial charge is 0.385 e. The van der Waals surface area contributed by atoms with E-state index in [2.05, 4.69) is 0 Å². The van der Waals surface area contributed by atoms with Crippen molar-refractivity contribution in [2.75, 3.05) is 18.0 Å². The lowest BCUT2D eigenvalue weighted by molar-refractivity contribution is -0.0160. The summed E-state index contributed by atoms with van der Waals surface area (Å²) in [6.07, 6.45) is 1.06. The topological polar surface area (TPSA) is 43.8 Å². The minimum atomic E-state index is -0.873. The monoisotopic (exact) mass is 372 g/mol. The summed E-state index contributed by atoms with van der Waals surface area (Å²) in [5, 5.41) is 11.1. The maximum absolute atomic E-state index is 13.4. The molecule has 0 radical (unpaired) electrons. The SMILES string of the molecule is O=C(N1CCC(O)(c2ccccc2)CC1)N(c1ccccc1)c1ccccc1. The molecule has 28 heavy (non-hydrogen) atoms. The predicted octanol–water partition coefficient (Wildman–Crippen LogP) is 4.93. The molecule has 0 aliphatic carbocycles. The van der Waals surface area contributed by atoms with Gasteiger partial charge in [-0.15, -0.1) is 0 Å². The maximum atomic E-state index is 13.4. The van der Waals surface area contributed by atoms with Gasteiger partial charge >= 0.3 is 6.03 Å². The van der Waals surface area contributed by atoms with E-state index in [0.29, 0.717) is 25.9 Å². The fourth-order valence-corrected chi connectivity index (χ4v) is 3.77. The number of carbonyl (C=O) groups is 1. The van der Waals surface area contributed by atoms with Gasteiger partial charge in [-0.1, -0.05) is 66.7 Å². The van der Waals surface area contributed by atoms with Gasteiger partial charge in [-0.25, -0.2) is 4.79 Å². The highest BCUT2D eigenvalue weighted by molar-refractivity contribution is 5.99. The molecule has 1 N–H and O–H groups in total. The number of piperidine rings is 1. The number of likely N-dealkylation sites (tertiary alicyclic amines) is 1. The highest BCUT2D eigenvalue weighted by atomic mass is 16.3. The molecule has 0 atom stereocenters. The van der Waals surface area contributed by atoms with E-state index in [0.717, 1.165) is 16.9 Å². The average Bonchev–Trinajstić information content (AvgIpc) is 2.76. The first kappa shape index (κ1) is 18.3. The van der Waals surface area contributed by atoms with Crippen LogP contribution in [0.25, 0.3) is 0 Å². The Morgan fingerprint density at radius 3 is 1.64 bits per heavy atom. The van der Waals surface area contributed by atoms with E-state index >= 15 is 0 Å². The van der Waals surface area contributed by atoms with Gasteiger partial charge in [0.15, 0.2) is 0 Å². The molecule has 0 bridgehead atoms. The zero-order chi connectivity index (χ0) is 19.4. The zero-order valence-electron chi connectivity index (χ0n) is 15.7. The zero-order valence-corrected chi connectivity index (χ0v) is 15.7. The van der Waals surface area contributed by atoms with Crippen LogP contribution in [0.1, 0.15) is 18.4 Å². The maximum Gasteiger partial charge on any atom is 0.329 e. The molecule has 3 aromatic carbocycles. The number of hydrogen-bond donors (Lipinski definition) is 1. The van der Waals surface area contributed by atoms with Gasteiger partial charge < -0.3 is 10.0 Å². The summed E-state index contributed by atoms with van der Waals surface area (Å²) >= 11 is 0. The highest BCUT2D eigenvalue weighted by Gasteiger charge is 2.36. The molecular weight excluding hydrogens is 348 g/mol. The van der Waals surface area contributed by atoms with Crippen LogP contribution in [0.4, 0.5) is 16.2 Å². The smallest absolute Gasteiger partial charge is 0.329 e. The van der Waals surface area contributed by atoms with Crippen LogP contribution in [0.2, 0.25) is 0 Å². The second kappa shape index (κ2) is 7.87. The number of benzene rings is 3. The van der Waals surface area contributed by atoms with Crippen molar-refractivity contribution >= 4 is 17.4 Å². The molecule has 4 nitrogen and oxygen atoms in total. The van der Waals surface area contributed by atoms with Crippen LogP contribution in [0.3, 0.4) is 0 Å². The molecular formula is C24H24N2O2. The summed E-state index contributed by atoms with van der Waals surface area (Å²) in [6.45, 7) is 1.03. The van der Waals surface area contributed by atoms with Crippen LogP contribution in [-0.4, -0.2) is 29.1 Å². The van der Waals surface area contributed by atoms with Crippen LogP contribution < -0.4 is 4.90 Å². The third-order valence-corrected chi connectivity index (χ3v) is 5.39. The van der Waals surface area contributed by atoms with Gasteiger partial charge in [-0.05, 0) is 42.7 Å². The van der Waals surface area contributed by atoms with Crippen molar-refractivity contribution in [1.82, 2.24) is 4.90 Å². The minimum absolute atomic E-state index is 0.0625. The molecule has 0 unspecified atom stereocenters. The third kappa shape index (κ3) is 3.64. The van der Waals surface area contributed by atoms with E-state index in [9.17, 15) is 9.90 Å². The number of para-hydroxylation sites is 2. The van der Waals surface area contributed by atoms with E-state index in [-0.39, 0.29) is 6.03 Å². The van der Waals surface area contributed by atoms with Crippen molar-refractivity contribution in [3.05, 3.63) is 96.6 Å². The van der Waals surface area contributed by atoms with Crippen LogP contribution in [0.5, 0.6) is 0 Å². The van der Waals surface area contributed by atoms with Crippen molar-refractivity contribution in [2.45, 2.75) is 18.4 Å². The molecule has 0 spiro atoms. The van der Waals surface area contributed by atoms with E-state index < -0.39 is 5.60 Å². The molecule has 1 aliphatic heterocycles. The molecule has 1 saturated heterocycles. The summed E-state index contributed by atoms with van der Waals surface area (Å²) in [6, 6.07) is 29.1. The number of amides is 2. The number of nitrogens with zero attached hydrogens (tertiary/aromatic N) is 2. The van der Waals surface area contributed by atoms with Gasteiger partial charge in [0.2, 0.25) is 0 Å². The molecule has 4 rings (SSSR count). The van der Waals surface area contributed by atoms with Crippen LogP contribution in [-0.2, 0) is 5.60 Å². The highest BCUT2D eigenvalue weighted by Crippen LogP contribution is 2.34. The molecule has 142 valence electrons. The van der Waals surface area contributed by atoms with Crippen molar-refractivity contribution in [1.29, 1.82) is 0 Å². The summed E-state index contributed by atoms with van der Waals surface area (Å²) < 4.78 is 0. The quantitative estimate of drug-likeness (QED) is 0.708. The molecule has 1 heterocycles. The van der Waals surface area contributed by atoms with Gasteiger partial charge in [-0.3, -0.25) is 4.90 Å². The number of urea groups is 1. The second-order valence-electron chi connectivity index (χ2n) is 7.17. The van der Waals surface area contributed by atoms with E-state index in [1.54, 1.807) is 4.90 Å². The van der Waals surface area contributed by atoms with Crippen LogP contribution in [0, 0.1) is 0 Å². The third-order valence-electron chi connectivity index (χ3n) is 5.39. The molecule has 1 aliphatic rings. The lowest BCUT2D eigenvalue weighted by Gasteiger charge is -2.40. The number of rotatable bonds is 3. The summed E-state index contributed by atoms with van der Waals surface area (Å²) in [4.78, 5) is 17.0. The summed E-state index contributed by atoms with van der Waals surface area (Å²) in [5.74, 6) is 0. The fraction of sp³-hybridized carbons (Fsp3) is 0.208. The van der Waals surface area contributed by atoms with Gasteiger partial charge in [0.25, 0.3) is 0 Å². The van der Waals surface area contributed by atoms with Gasteiger partial charge in [0, 0.05) is 13.1 Å². The number of anilines is 2. The van der Waals surface area contributed by atoms with Crippen molar-refractivity contribution in [3.63, 3.8) is 0 Å². The Hall–Kier alpha value is -3.11. The predicted molar refractivity (Wildman–Crippen MR) is 112 cm³/mol. The van der Waals surface area contributed by atoms with Gasteiger partial charge in [0.1, 0.15) is 0 Å². The lowest BCUT2D eigenvalue weighted by atomic mass is 9.84. The average molecular weight is 372 g/mol. The standard InChI is InChI=1S/C24H24N2O2/c27-23(25-18-16-24(28,17-19-25)20-10-4-1-5-11-20)26(21-12-6-2-7-13-21)22-14-8-3-9-15-22/h1-15,28H,16-19H2. The van der Waals surface area contributed by atoms with Gasteiger partial charge in [0.05, 0.1) is 17.0 Å². The molecule has 2 amide bonds. The second-order valence-corrected chi connectivity index (χ2v) is 7.17. The number of hydrogen-bond acceptors (Lipinski definition) is 2. The van der Waals surface area contributed by atoms with Crippen molar-refractivity contribution in [2.24, 2.45) is 0 Å². The van der Waals surface area contributed by atoms with E-state index in [4.69, 9.17) is 0 Å². The first-order valence-electron chi connectivity index (χ1n) is 9.64. The Kier molecular flexibility index (Phi) is 5.13. The minimum Gasteiger partial charge on any atom is -0.385 e. The van der Waals surface area contributed by atoms with Gasteiger partial charge in [-0.2, -0.15) is 0 Å². The molecule has 3 aromatic rings. The Morgan fingerprint density at radius 2 is 1.18 bits per heavy atom. The Balaban J connectivity index is 1.56. The lowest BCUT2D eigenvalue weighted by Crippen LogP contribution is -2.49. The molecule has 0 aromatic heterocycles. The first-order chi connectivity index (χ1) is 13.7. The molecule has 4 heteroatoms. The van der Waals surface area contributed by atoms with Crippen molar-refractivity contribution < 1.29 is 9.90 Å². The summed E-state index contributed by atoms with van der Waals surface area (Å²) in [5.41, 5.74) is 1.72. The van der Waals surface area contributed by atoms with E-state index in [1.807, 2.05) is 95.9 Å². The van der Waals surface area contributed by atoms with E-state index in [1.165, 1.54) is 0 Å². The normalized spacial score (nSPS) is 15.8. The number of aliphatic hydroxyl groups is 1. The Morgan fingerprint density at radius 1 is 0.750 bits per heavy atom. The van der Waals surface area contributed by atoms with Crippen LogP contribution >= 0.6 is 0 Å². The molecule has 1 fully saturated rings. The first-order valence-corrected chi connectivity index (χ1v) is 9.64. The number of carbonyl (C=O) groups excluding carboxylic acids is 1. The summed E-state index contributed by atoms with van der Waals surface area (Å²) in [7, 11) is 0. The fourth-order valence-electron chi connectivity index (χ4n) is 3.77. The Bertz CT molecular complexity index is 866.